The molecule has 23 heavy (non-hydrogen) atoms. The lowest BCUT2D eigenvalue weighted by molar-refractivity contribution is -0.183. The minimum absolute atomic E-state index is 0.265. The van der Waals surface area contributed by atoms with Crippen LogP contribution in [0.4, 0.5) is 0 Å². The summed E-state index contributed by atoms with van der Waals surface area (Å²) in [6.07, 6.45) is 0.279. The second-order valence-corrected chi connectivity index (χ2v) is 5.40. The molecule has 0 radical (unpaired) electrons. The Hall–Kier alpha value is -1.80. The van der Waals surface area contributed by atoms with Gasteiger partial charge in [0.15, 0.2) is 6.29 Å². The molecule has 6 N–H and O–H groups in total. The summed E-state index contributed by atoms with van der Waals surface area (Å²) in [5, 5.41) is 0. The molecule has 1 saturated heterocycles. The van der Waals surface area contributed by atoms with Gasteiger partial charge in [-0.1, -0.05) is 48.5 Å². The van der Waals surface area contributed by atoms with Gasteiger partial charge < -0.3 is 15.2 Å². The van der Waals surface area contributed by atoms with Crippen molar-refractivity contribution in [3.8, 4) is 11.1 Å². The number of hydrazine groups is 2. The standard InChI is InChI=1S/C17H22N4O2/c18-16(20-21-19)15-5-2-1-4-14(15)12-6-8-13(9-7-12)17-22-10-3-11-23-17/h1-2,4-9,16-17,20-21H,3,10-11,18-19H2. The van der Waals surface area contributed by atoms with Crippen LogP contribution >= 0.6 is 0 Å². The second-order valence-electron chi connectivity index (χ2n) is 5.40. The Labute approximate surface area is 135 Å². The van der Waals surface area contributed by atoms with E-state index < -0.39 is 6.17 Å². The fraction of sp³-hybridized carbons (Fsp3) is 0.294. The number of benzene rings is 2. The normalized spacial score (nSPS) is 17.1. The molecule has 0 saturated carbocycles. The Balaban J connectivity index is 1.84. The summed E-state index contributed by atoms with van der Waals surface area (Å²) in [7, 11) is 0. The molecule has 6 nitrogen and oxygen atoms in total. The number of nitrogens with two attached hydrogens (primary N) is 2. The molecule has 6 heteroatoms. The lowest BCUT2D eigenvalue weighted by atomic mass is 9.97. The molecule has 2 aromatic carbocycles. The molecule has 3 rings (SSSR count). The molecule has 2 aromatic rings. The maximum atomic E-state index is 6.10. The summed E-state index contributed by atoms with van der Waals surface area (Å²) in [6.45, 7) is 1.48. The average molecular weight is 314 g/mol. The number of ether oxygens (including phenoxy) is 2. The van der Waals surface area contributed by atoms with Crippen LogP contribution in [0.1, 0.15) is 30.0 Å². The zero-order chi connectivity index (χ0) is 16.1. The highest BCUT2D eigenvalue weighted by atomic mass is 16.7. The van der Waals surface area contributed by atoms with Gasteiger partial charge in [-0.3, -0.25) is 5.84 Å². The van der Waals surface area contributed by atoms with E-state index in [0.717, 1.165) is 41.9 Å². The van der Waals surface area contributed by atoms with E-state index >= 15 is 0 Å². The molecule has 1 unspecified atom stereocenters. The van der Waals surface area contributed by atoms with Gasteiger partial charge in [0.1, 0.15) is 0 Å². The number of hydrogen-bond donors (Lipinski definition) is 4. The highest BCUT2D eigenvalue weighted by molar-refractivity contribution is 5.68. The van der Waals surface area contributed by atoms with Crippen molar-refractivity contribution in [1.29, 1.82) is 0 Å². The Morgan fingerprint density at radius 3 is 2.39 bits per heavy atom. The van der Waals surface area contributed by atoms with Crippen LogP contribution < -0.4 is 22.5 Å². The molecular formula is C17H22N4O2. The first-order chi connectivity index (χ1) is 11.3. The van der Waals surface area contributed by atoms with Crippen molar-refractivity contribution < 1.29 is 9.47 Å². The summed E-state index contributed by atoms with van der Waals surface area (Å²) in [5.74, 6) is 5.29. The van der Waals surface area contributed by atoms with Crippen molar-refractivity contribution in [2.75, 3.05) is 13.2 Å². The van der Waals surface area contributed by atoms with Crippen molar-refractivity contribution in [3.05, 3.63) is 59.7 Å². The first-order valence-corrected chi connectivity index (χ1v) is 7.69. The van der Waals surface area contributed by atoms with Gasteiger partial charge in [-0.25, -0.2) is 5.43 Å². The van der Waals surface area contributed by atoms with Crippen LogP contribution in [0.5, 0.6) is 0 Å². The van der Waals surface area contributed by atoms with E-state index in [9.17, 15) is 0 Å². The second kappa shape index (κ2) is 7.65. The minimum atomic E-state index is -0.402. The molecule has 1 heterocycles. The highest BCUT2D eigenvalue weighted by Gasteiger charge is 2.17. The zero-order valence-corrected chi connectivity index (χ0v) is 12.9. The van der Waals surface area contributed by atoms with Crippen LogP contribution in [0.15, 0.2) is 48.5 Å². The monoisotopic (exact) mass is 314 g/mol. The largest absolute Gasteiger partial charge is 0.348 e. The predicted molar refractivity (Wildman–Crippen MR) is 88.5 cm³/mol. The Morgan fingerprint density at radius 1 is 1.00 bits per heavy atom. The van der Waals surface area contributed by atoms with Crippen LogP contribution in [0, 0.1) is 0 Å². The van der Waals surface area contributed by atoms with E-state index in [4.69, 9.17) is 21.1 Å². The van der Waals surface area contributed by atoms with Crippen LogP contribution in [0.3, 0.4) is 0 Å². The van der Waals surface area contributed by atoms with Gasteiger partial charge in [-0.05, 0) is 23.1 Å². The van der Waals surface area contributed by atoms with Crippen molar-refractivity contribution in [1.82, 2.24) is 11.0 Å². The fourth-order valence-corrected chi connectivity index (χ4v) is 2.70. The lowest BCUT2D eigenvalue weighted by Crippen LogP contribution is -2.44. The molecule has 0 aromatic heterocycles. The van der Waals surface area contributed by atoms with Gasteiger partial charge in [0, 0.05) is 5.56 Å². The predicted octanol–water partition coefficient (Wildman–Crippen LogP) is 1.71. The first kappa shape index (κ1) is 16.1. The molecule has 0 bridgehead atoms. The van der Waals surface area contributed by atoms with Gasteiger partial charge in [0.25, 0.3) is 0 Å². The van der Waals surface area contributed by atoms with Gasteiger partial charge >= 0.3 is 0 Å². The smallest absolute Gasteiger partial charge is 0.183 e. The van der Waals surface area contributed by atoms with Crippen molar-refractivity contribution in [3.63, 3.8) is 0 Å². The minimum Gasteiger partial charge on any atom is -0.348 e. The van der Waals surface area contributed by atoms with Crippen LogP contribution in [0.25, 0.3) is 11.1 Å². The quantitative estimate of drug-likeness (QED) is 0.381. The van der Waals surface area contributed by atoms with E-state index in [1.165, 1.54) is 0 Å². The Bertz CT molecular complexity index is 627. The lowest BCUT2D eigenvalue weighted by Gasteiger charge is -2.23. The maximum absolute atomic E-state index is 6.10. The molecule has 1 aliphatic heterocycles. The molecule has 0 spiro atoms. The molecule has 1 atom stereocenters. The van der Waals surface area contributed by atoms with Gasteiger partial charge in [-0.15, -0.1) is 0 Å². The third kappa shape index (κ3) is 3.76. The molecule has 0 amide bonds. The highest BCUT2D eigenvalue weighted by Crippen LogP contribution is 2.29. The van der Waals surface area contributed by atoms with E-state index in [2.05, 4.69) is 23.1 Å². The van der Waals surface area contributed by atoms with E-state index in [0.29, 0.717) is 0 Å². The Morgan fingerprint density at radius 2 is 1.70 bits per heavy atom. The third-order valence-electron chi connectivity index (χ3n) is 3.86. The maximum Gasteiger partial charge on any atom is 0.183 e. The molecule has 122 valence electrons. The van der Waals surface area contributed by atoms with Crippen LogP contribution in [-0.2, 0) is 9.47 Å². The molecule has 1 aliphatic rings. The van der Waals surface area contributed by atoms with E-state index in [-0.39, 0.29) is 6.29 Å². The van der Waals surface area contributed by atoms with Crippen molar-refractivity contribution in [2.45, 2.75) is 18.9 Å². The molecule has 0 aliphatic carbocycles. The number of rotatable bonds is 5. The summed E-state index contributed by atoms with van der Waals surface area (Å²) < 4.78 is 11.3. The summed E-state index contributed by atoms with van der Waals surface area (Å²) in [6, 6.07) is 16.1. The third-order valence-corrected chi connectivity index (χ3v) is 3.86. The SMILES string of the molecule is NNNC(N)c1ccccc1-c1ccc(C2OCCCO2)cc1. The van der Waals surface area contributed by atoms with Gasteiger partial charge in [0.05, 0.1) is 19.4 Å². The summed E-state index contributed by atoms with van der Waals surface area (Å²) in [5.41, 5.74) is 15.4. The topological polar surface area (TPSA) is 94.6 Å². The summed E-state index contributed by atoms with van der Waals surface area (Å²) in [4.78, 5) is 0. The van der Waals surface area contributed by atoms with Crippen LogP contribution in [-0.4, -0.2) is 13.2 Å². The number of hydrogen-bond acceptors (Lipinski definition) is 6. The average Bonchev–Trinajstić information content (AvgIpc) is 2.63. The van der Waals surface area contributed by atoms with Crippen molar-refractivity contribution >= 4 is 0 Å². The first-order valence-electron chi connectivity index (χ1n) is 7.69. The summed E-state index contributed by atoms with van der Waals surface area (Å²) >= 11 is 0. The van der Waals surface area contributed by atoms with Crippen molar-refractivity contribution in [2.24, 2.45) is 11.6 Å². The molecule has 1 fully saturated rings. The van der Waals surface area contributed by atoms with E-state index in [1.54, 1.807) is 0 Å². The fourth-order valence-electron chi connectivity index (χ4n) is 2.70. The molecular weight excluding hydrogens is 292 g/mol. The van der Waals surface area contributed by atoms with E-state index in [1.807, 2.05) is 36.4 Å². The van der Waals surface area contributed by atoms with Crippen LogP contribution in [0.2, 0.25) is 0 Å². The van der Waals surface area contributed by atoms with Gasteiger partial charge in [0.2, 0.25) is 0 Å². The Kier molecular flexibility index (Phi) is 5.35. The number of nitrogens with one attached hydrogen (secondary N) is 2. The zero-order valence-electron chi connectivity index (χ0n) is 12.9. The van der Waals surface area contributed by atoms with Gasteiger partial charge in [-0.2, -0.15) is 5.53 Å².